The first-order valence-electron chi connectivity index (χ1n) is 8.24. The van der Waals surface area contributed by atoms with Crippen molar-refractivity contribution in [3.8, 4) is 0 Å². The van der Waals surface area contributed by atoms with Crippen molar-refractivity contribution in [1.29, 1.82) is 0 Å². The average molecular weight is 352 g/mol. The second-order valence-electron chi connectivity index (χ2n) is 6.09. The van der Waals surface area contributed by atoms with Crippen LogP contribution in [-0.4, -0.2) is 16.7 Å². The third kappa shape index (κ3) is 4.31. The van der Waals surface area contributed by atoms with E-state index in [-0.39, 0.29) is 24.5 Å². The second-order valence-corrected chi connectivity index (χ2v) is 7.21. The number of hydrogen-bond acceptors (Lipinski definition) is 4. The number of hydrogen-bond donors (Lipinski definition) is 1. The highest BCUT2D eigenvalue weighted by molar-refractivity contribution is 7.18. The normalized spacial score (nSPS) is 10.8. The Morgan fingerprint density at radius 3 is 2.68 bits per heavy atom. The Morgan fingerprint density at radius 1 is 1.08 bits per heavy atom. The fourth-order valence-corrected chi connectivity index (χ4v) is 3.56. The topological polar surface area (TPSA) is 59.1 Å². The molecule has 1 N–H and O–H groups in total. The maximum Gasteiger partial charge on any atom is 0.220 e. The van der Waals surface area contributed by atoms with Crippen LogP contribution in [0.4, 0.5) is 0 Å². The van der Waals surface area contributed by atoms with Gasteiger partial charge in [0, 0.05) is 18.4 Å². The fourth-order valence-electron chi connectivity index (χ4n) is 2.66. The Morgan fingerprint density at radius 2 is 1.88 bits per heavy atom. The fraction of sp³-hybridized carbons (Fsp3) is 0.250. The van der Waals surface area contributed by atoms with E-state index < -0.39 is 0 Å². The molecule has 0 unspecified atom stereocenters. The quantitative estimate of drug-likeness (QED) is 0.677. The number of ketones is 1. The zero-order chi connectivity index (χ0) is 17.8. The molecule has 3 aromatic rings. The average Bonchev–Trinajstić information content (AvgIpc) is 3.03. The van der Waals surface area contributed by atoms with Gasteiger partial charge in [-0.2, -0.15) is 0 Å². The summed E-state index contributed by atoms with van der Waals surface area (Å²) in [5, 5.41) is 3.72. The van der Waals surface area contributed by atoms with E-state index in [2.05, 4.69) is 10.3 Å². The Hall–Kier alpha value is -2.53. The van der Waals surface area contributed by atoms with E-state index in [1.54, 1.807) is 11.3 Å². The zero-order valence-corrected chi connectivity index (χ0v) is 15.2. The van der Waals surface area contributed by atoms with Gasteiger partial charge in [0.25, 0.3) is 0 Å². The number of amides is 1. The first-order valence-corrected chi connectivity index (χ1v) is 9.06. The van der Waals surface area contributed by atoms with Crippen LogP contribution in [-0.2, 0) is 11.3 Å². The van der Waals surface area contributed by atoms with Crippen LogP contribution < -0.4 is 5.32 Å². The molecule has 2 aromatic carbocycles. The van der Waals surface area contributed by atoms with Gasteiger partial charge in [-0.15, -0.1) is 11.3 Å². The number of nitrogens with one attached hydrogen (secondary N) is 1. The summed E-state index contributed by atoms with van der Waals surface area (Å²) < 4.78 is 1.11. The molecule has 0 atom stereocenters. The van der Waals surface area contributed by atoms with E-state index in [1.807, 2.05) is 56.3 Å². The van der Waals surface area contributed by atoms with E-state index in [1.165, 1.54) is 0 Å². The Labute approximate surface area is 150 Å². The van der Waals surface area contributed by atoms with Crippen molar-refractivity contribution in [3.05, 3.63) is 64.2 Å². The van der Waals surface area contributed by atoms with Crippen molar-refractivity contribution < 1.29 is 9.59 Å². The number of nitrogens with zero attached hydrogens (tertiary/aromatic N) is 1. The van der Waals surface area contributed by atoms with Gasteiger partial charge in [0.05, 0.1) is 16.8 Å². The number of Topliss-reactive ketones (excluding diaryl/α,β-unsaturated/α-hetero) is 1. The van der Waals surface area contributed by atoms with Crippen molar-refractivity contribution >= 4 is 33.2 Å². The van der Waals surface area contributed by atoms with Gasteiger partial charge in [0.15, 0.2) is 5.78 Å². The van der Waals surface area contributed by atoms with Gasteiger partial charge in [-0.3, -0.25) is 9.59 Å². The molecule has 5 heteroatoms. The first-order chi connectivity index (χ1) is 12.0. The van der Waals surface area contributed by atoms with Gasteiger partial charge in [0.2, 0.25) is 5.91 Å². The maximum atomic E-state index is 12.3. The maximum absolute atomic E-state index is 12.3. The minimum absolute atomic E-state index is 0.0105. The second kappa shape index (κ2) is 7.57. The number of para-hydroxylation sites is 1. The highest BCUT2D eigenvalue weighted by Gasteiger charge is 2.12. The largest absolute Gasteiger partial charge is 0.350 e. The Balaban J connectivity index is 1.52. The molecule has 0 aliphatic rings. The lowest BCUT2D eigenvalue weighted by Gasteiger charge is -2.06. The summed E-state index contributed by atoms with van der Waals surface area (Å²) in [6.07, 6.45) is 0.410. The summed E-state index contributed by atoms with van der Waals surface area (Å²) in [5.74, 6) is -0.116. The molecule has 0 aliphatic carbocycles. The molecular formula is C20H20N2O2S. The molecule has 1 heterocycles. The number of thiazole rings is 1. The van der Waals surface area contributed by atoms with E-state index >= 15 is 0 Å². The number of rotatable bonds is 6. The van der Waals surface area contributed by atoms with E-state index in [4.69, 9.17) is 0 Å². The van der Waals surface area contributed by atoms with Crippen molar-refractivity contribution in [3.63, 3.8) is 0 Å². The van der Waals surface area contributed by atoms with E-state index in [9.17, 15) is 9.59 Å². The minimum Gasteiger partial charge on any atom is -0.350 e. The Kier molecular flexibility index (Phi) is 5.24. The summed E-state index contributed by atoms with van der Waals surface area (Å²) in [6, 6.07) is 13.7. The summed E-state index contributed by atoms with van der Waals surface area (Å²) in [7, 11) is 0. The summed E-state index contributed by atoms with van der Waals surface area (Å²) in [5.41, 5.74) is 3.65. The number of aromatic nitrogens is 1. The van der Waals surface area contributed by atoms with Crippen LogP contribution in [0.3, 0.4) is 0 Å². The smallest absolute Gasteiger partial charge is 0.220 e. The van der Waals surface area contributed by atoms with Crippen molar-refractivity contribution in [2.24, 2.45) is 0 Å². The molecule has 0 bridgehead atoms. The summed E-state index contributed by atoms with van der Waals surface area (Å²) in [6.45, 7) is 4.27. The van der Waals surface area contributed by atoms with Crippen LogP contribution in [0.1, 0.15) is 39.3 Å². The van der Waals surface area contributed by atoms with Gasteiger partial charge in [-0.05, 0) is 37.6 Å². The highest BCUT2D eigenvalue weighted by Crippen LogP contribution is 2.21. The molecule has 4 nitrogen and oxygen atoms in total. The van der Waals surface area contributed by atoms with E-state index in [0.717, 1.165) is 26.4 Å². The third-order valence-electron chi connectivity index (χ3n) is 4.05. The monoisotopic (exact) mass is 352 g/mol. The molecule has 0 saturated carbocycles. The molecule has 0 radical (unpaired) electrons. The molecular weight excluding hydrogens is 332 g/mol. The highest BCUT2D eigenvalue weighted by atomic mass is 32.1. The van der Waals surface area contributed by atoms with E-state index in [0.29, 0.717) is 12.1 Å². The predicted molar refractivity (Wildman–Crippen MR) is 101 cm³/mol. The molecule has 1 amide bonds. The van der Waals surface area contributed by atoms with Crippen molar-refractivity contribution in [1.82, 2.24) is 10.3 Å². The van der Waals surface area contributed by atoms with Gasteiger partial charge in [0.1, 0.15) is 5.01 Å². The number of carbonyl (C=O) groups is 2. The standard InChI is InChI=1S/C20H20N2O2S/c1-13-7-8-14(2)15(11-13)17(23)9-10-19(24)21-12-20-22-16-5-3-4-6-18(16)25-20/h3-8,11H,9-10,12H2,1-2H3,(H,21,24). The van der Waals surface area contributed by atoms with Crippen LogP contribution in [0.2, 0.25) is 0 Å². The van der Waals surface area contributed by atoms with Gasteiger partial charge in [-0.25, -0.2) is 4.98 Å². The minimum atomic E-state index is -0.127. The first kappa shape index (κ1) is 17.3. The van der Waals surface area contributed by atoms with Gasteiger partial charge < -0.3 is 5.32 Å². The van der Waals surface area contributed by atoms with Crippen LogP contribution in [0, 0.1) is 13.8 Å². The molecule has 0 spiro atoms. The lowest BCUT2D eigenvalue weighted by molar-refractivity contribution is -0.121. The van der Waals surface area contributed by atoms with Crippen molar-refractivity contribution in [2.45, 2.75) is 33.2 Å². The summed E-state index contributed by atoms with van der Waals surface area (Å²) in [4.78, 5) is 28.8. The lowest BCUT2D eigenvalue weighted by atomic mass is 9.99. The van der Waals surface area contributed by atoms with Crippen LogP contribution in [0.15, 0.2) is 42.5 Å². The molecule has 3 rings (SSSR count). The zero-order valence-electron chi connectivity index (χ0n) is 14.3. The van der Waals surface area contributed by atoms with Gasteiger partial charge in [-0.1, -0.05) is 29.8 Å². The molecule has 25 heavy (non-hydrogen) atoms. The SMILES string of the molecule is Cc1ccc(C)c(C(=O)CCC(=O)NCc2nc3ccccc3s2)c1. The molecule has 0 saturated heterocycles. The molecule has 1 aromatic heterocycles. The molecule has 0 aliphatic heterocycles. The summed E-state index contributed by atoms with van der Waals surface area (Å²) >= 11 is 1.57. The van der Waals surface area contributed by atoms with Gasteiger partial charge >= 0.3 is 0 Å². The molecule has 128 valence electrons. The lowest BCUT2D eigenvalue weighted by Crippen LogP contribution is -2.23. The number of carbonyl (C=O) groups excluding carboxylic acids is 2. The van der Waals surface area contributed by atoms with Crippen LogP contribution in [0.5, 0.6) is 0 Å². The third-order valence-corrected chi connectivity index (χ3v) is 5.08. The number of fused-ring (bicyclic) bond motifs is 1. The Bertz CT molecular complexity index is 897. The predicted octanol–water partition coefficient (Wildman–Crippen LogP) is 4.19. The van der Waals surface area contributed by atoms with Crippen molar-refractivity contribution in [2.75, 3.05) is 0 Å². The molecule has 0 fully saturated rings. The van der Waals surface area contributed by atoms with Crippen LogP contribution in [0.25, 0.3) is 10.2 Å². The number of aryl methyl sites for hydroxylation is 2. The van der Waals surface area contributed by atoms with Crippen LogP contribution >= 0.6 is 11.3 Å². The number of benzene rings is 2.